The third-order valence-corrected chi connectivity index (χ3v) is 6.19. The quantitative estimate of drug-likeness (QED) is 0.608. The first-order chi connectivity index (χ1) is 8.22. The van der Waals surface area contributed by atoms with E-state index in [1.54, 1.807) is 0 Å². The largest absolute Gasteiger partial charge is 0.462 e. The van der Waals surface area contributed by atoms with E-state index in [9.17, 15) is 0 Å². The third kappa shape index (κ3) is 2.80. The number of ether oxygens (including phenoxy) is 2. The highest BCUT2D eigenvalue weighted by Crippen LogP contribution is 2.35. The molecule has 0 N–H and O–H groups in total. The zero-order chi connectivity index (χ0) is 13.6. The standard InChI is InChI=1S/C12H15Cl3O2Si/c1-8(2)12(3)16-7-9-6-10(18(13,14)15)4-5-11(9)17-12/h4-6,8H,7H2,1-3H3. The van der Waals surface area contributed by atoms with Crippen LogP contribution in [-0.4, -0.2) is 11.8 Å². The normalized spacial score (nSPS) is 23.7. The molecule has 0 amide bonds. The van der Waals surface area contributed by atoms with Gasteiger partial charge in [-0.1, -0.05) is 26.0 Å². The van der Waals surface area contributed by atoms with Crippen LogP contribution < -0.4 is 9.92 Å². The number of hydrogen-bond acceptors (Lipinski definition) is 2. The van der Waals surface area contributed by atoms with Crippen molar-refractivity contribution in [2.75, 3.05) is 0 Å². The van der Waals surface area contributed by atoms with Gasteiger partial charge in [-0.3, -0.25) is 0 Å². The number of benzene rings is 1. The second-order valence-corrected chi connectivity index (χ2v) is 13.3. The van der Waals surface area contributed by atoms with Crippen LogP contribution in [0.1, 0.15) is 26.3 Å². The summed E-state index contributed by atoms with van der Waals surface area (Å²) in [5.41, 5.74) is 0.935. The van der Waals surface area contributed by atoms with E-state index < -0.39 is 11.8 Å². The summed E-state index contributed by atoms with van der Waals surface area (Å²) in [6, 6.07) is 2.71. The number of fused-ring (bicyclic) bond motifs is 1. The number of hydrogen-bond donors (Lipinski definition) is 0. The van der Waals surface area contributed by atoms with Crippen molar-refractivity contribution in [3.05, 3.63) is 23.8 Å². The molecule has 6 heteroatoms. The maximum atomic E-state index is 6.00. The Kier molecular flexibility index (Phi) is 3.92. The molecule has 1 aromatic rings. The second-order valence-electron chi connectivity index (χ2n) is 4.88. The van der Waals surface area contributed by atoms with Gasteiger partial charge in [0, 0.05) is 18.4 Å². The molecule has 0 fully saturated rings. The molecule has 1 atom stereocenters. The summed E-state index contributed by atoms with van der Waals surface area (Å²) in [5, 5.41) is 0.756. The van der Waals surface area contributed by atoms with Crippen molar-refractivity contribution in [3.8, 4) is 5.75 Å². The van der Waals surface area contributed by atoms with E-state index in [2.05, 4.69) is 13.8 Å². The summed E-state index contributed by atoms with van der Waals surface area (Å²) in [6.45, 7) is 6.55. The van der Waals surface area contributed by atoms with Crippen LogP contribution in [0.4, 0.5) is 0 Å². The first-order valence-electron chi connectivity index (χ1n) is 5.75. The van der Waals surface area contributed by atoms with Crippen molar-refractivity contribution in [2.24, 2.45) is 5.92 Å². The van der Waals surface area contributed by atoms with E-state index in [0.29, 0.717) is 6.61 Å². The monoisotopic (exact) mass is 324 g/mol. The minimum Gasteiger partial charge on any atom is -0.462 e. The third-order valence-electron chi connectivity index (χ3n) is 3.26. The van der Waals surface area contributed by atoms with Crippen LogP contribution in [0.2, 0.25) is 0 Å². The molecule has 1 heterocycles. The predicted octanol–water partition coefficient (Wildman–Crippen LogP) is 3.83. The first-order valence-corrected chi connectivity index (χ1v) is 10.8. The molecule has 100 valence electrons. The van der Waals surface area contributed by atoms with Gasteiger partial charge in [-0.05, 0) is 11.3 Å². The van der Waals surface area contributed by atoms with Gasteiger partial charge in [0.2, 0.25) is 5.79 Å². The molecule has 0 saturated heterocycles. The molecule has 18 heavy (non-hydrogen) atoms. The fourth-order valence-electron chi connectivity index (χ4n) is 1.72. The molecular weight excluding hydrogens is 311 g/mol. The summed E-state index contributed by atoms with van der Waals surface area (Å²) in [6.07, 6.45) is 0. The van der Waals surface area contributed by atoms with Crippen LogP contribution in [-0.2, 0) is 11.3 Å². The minimum atomic E-state index is -2.84. The fraction of sp³-hybridized carbons (Fsp3) is 0.500. The smallest absolute Gasteiger partial charge is 0.372 e. The Hall–Kier alpha value is 0.0669. The summed E-state index contributed by atoms with van der Waals surface area (Å²) >= 11 is 18.0. The lowest BCUT2D eigenvalue weighted by Crippen LogP contribution is -2.44. The molecule has 0 spiro atoms. The Balaban J connectivity index is 2.32. The summed E-state index contributed by atoms with van der Waals surface area (Å²) in [5.74, 6) is 0.476. The van der Waals surface area contributed by atoms with Crippen molar-refractivity contribution < 1.29 is 9.47 Å². The molecule has 0 radical (unpaired) electrons. The highest BCUT2D eigenvalue weighted by Gasteiger charge is 2.37. The Morgan fingerprint density at radius 2 is 1.94 bits per heavy atom. The Bertz CT molecular complexity index is 459. The van der Waals surface area contributed by atoms with E-state index in [0.717, 1.165) is 16.5 Å². The molecule has 0 bridgehead atoms. The Labute approximate surface area is 122 Å². The van der Waals surface area contributed by atoms with Crippen LogP contribution in [0.3, 0.4) is 0 Å². The highest BCUT2D eigenvalue weighted by molar-refractivity contribution is 7.69. The fourth-order valence-corrected chi connectivity index (χ4v) is 3.39. The summed E-state index contributed by atoms with van der Waals surface area (Å²) in [7, 11) is 0. The van der Waals surface area contributed by atoms with Crippen molar-refractivity contribution in [1.82, 2.24) is 0 Å². The molecule has 1 aliphatic rings. The zero-order valence-electron chi connectivity index (χ0n) is 10.5. The topological polar surface area (TPSA) is 18.5 Å². The SMILES string of the molecule is CC(C)C1(C)OCc2cc([Si](Cl)(Cl)Cl)ccc2O1. The van der Waals surface area contributed by atoms with E-state index in [-0.39, 0.29) is 5.92 Å². The molecular formula is C12H15Cl3O2Si. The van der Waals surface area contributed by atoms with Gasteiger partial charge in [0.05, 0.1) is 6.61 Å². The van der Waals surface area contributed by atoms with Gasteiger partial charge in [0.1, 0.15) is 5.75 Å². The molecule has 0 saturated carbocycles. The first kappa shape index (κ1) is 14.5. The molecule has 0 aromatic heterocycles. The minimum absolute atomic E-state index is 0.257. The van der Waals surface area contributed by atoms with Crippen LogP contribution >= 0.6 is 33.2 Å². The van der Waals surface area contributed by atoms with E-state index in [4.69, 9.17) is 42.7 Å². The Morgan fingerprint density at radius 1 is 1.28 bits per heavy atom. The van der Waals surface area contributed by atoms with Crippen LogP contribution in [0.25, 0.3) is 0 Å². The lowest BCUT2D eigenvalue weighted by molar-refractivity contribution is -0.219. The van der Waals surface area contributed by atoms with Crippen molar-refractivity contribution in [3.63, 3.8) is 0 Å². The van der Waals surface area contributed by atoms with E-state index in [1.807, 2.05) is 25.1 Å². The summed E-state index contributed by atoms with van der Waals surface area (Å²) < 4.78 is 11.7. The van der Waals surface area contributed by atoms with Crippen LogP contribution in [0.5, 0.6) is 5.75 Å². The maximum Gasteiger partial charge on any atom is 0.372 e. The lowest BCUT2D eigenvalue weighted by atomic mass is 10.0. The lowest BCUT2D eigenvalue weighted by Gasteiger charge is -2.38. The molecule has 2 nitrogen and oxygen atoms in total. The van der Waals surface area contributed by atoms with Gasteiger partial charge >= 0.3 is 6.00 Å². The van der Waals surface area contributed by atoms with E-state index in [1.165, 1.54) is 0 Å². The van der Waals surface area contributed by atoms with Crippen molar-refractivity contribution in [1.29, 1.82) is 0 Å². The maximum absolute atomic E-state index is 6.00. The molecule has 1 aromatic carbocycles. The van der Waals surface area contributed by atoms with Gasteiger partial charge in [0.25, 0.3) is 0 Å². The van der Waals surface area contributed by atoms with E-state index >= 15 is 0 Å². The molecule has 2 rings (SSSR count). The average Bonchev–Trinajstić information content (AvgIpc) is 2.26. The predicted molar refractivity (Wildman–Crippen MR) is 78.0 cm³/mol. The zero-order valence-corrected chi connectivity index (χ0v) is 13.7. The van der Waals surface area contributed by atoms with Gasteiger partial charge < -0.3 is 9.47 Å². The van der Waals surface area contributed by atoms with Gasteiger partial charge in [-0.25, -0.2) is 0 Å². The van der Waals surface area contributed by atoms with Crippen molar-refractivity contribution in [2.45, 2.75) is 33.2 Å². The average molecular weight is 326 g/mol. The second kappa shape index (κ2) is 4.87. The number of rotatable bonds is 2. The Morgan fingerprint density at radius 3 is 2.50 bits per heavy atom. The van der Waals surface area contributed by atoms with Crippen LogP contribution in [0, 0.1) is 5.92 Å². The highest BCUT2D eigenvalue weighted by atomic mass is 35.8. The van der Waals surface area contributed by atoms with Crippen molar-refractivity contribution >= 4 is 44.4 Å². The molecule has 0 aliphatic carbocycles. The summed E-state index contributed by atoms with van der Waals surface area (Å²) in [4.78, 5) is 0. The van der Waals surface area contributed by atoms with Gasteiger partial charge in [0.15, 0.2) is 0 Å². The van der Waals surface area contributed by atoms with Crippen LogP contribution in [0.15, 0.2) is 18.2 Å². The molecule has 1 aliphatic heterocycles. The van der Waals surface area contributed by atoms with Gasteiger partial charge in [-0.2, -0.15) is 0 Å². The van der Waals surface area contributed by atoms with Gasteiger partial charge in [-0.15, -0.1) is 33.2 Å². The number of halogens is 3. The molecule has 1 unspecified atom stereocenters.